The molecule has 0 aromatic rings. The monoisotopic (exact) mass is 171 g/mol. The van der Waals surface area contributed by atoms with Crippen LogP contribution in [0.3, 0.4) is 0 Å². The minimum atomic E-state index is 0.177. The molecule has 2 nitrogen and oxygen atoms in total. The molecule has 0 fully saturated rings. The van der Waals surface area contributed by atoms with Crippen LogP contribution in [0.2, 0.25) is 0 Å². The van der Waals surface area contributed by atoms with Gasteiger partial charge in [-0.15, -0.1) is 0 Å². The van der Waals surface area contributed by atoms with Gasteiger partial charge in [-0.1, -0.05) is 27.7 Å². The van der Waals surface area contributed by atoms with Crippen molar-refractivity contribution in [2.75, 3.05) is 19.6 Å². The number of carbonyl (C=O) groups excluding carboxylic acids is 1. The van der Waals surface area contributed by atoms with E-state index in [0.29, 0.717) is 12.3 Å². The number of carbonyl (C=O) groups is 1. The van der Waals surface area contributed by atoms with E-state index in [1.54, 1.807) is 0 Å². The van der Waals surface area contributed by atoms with Gasteiger partial charge in [0, 0.05) is 5.92 Å². The van der Waals surface area contributed by atoms with Gasteiger partial charge in [0.2, 0.25) is 0 Å². The highest BCUT2D eigenvalue weighted by atomic mass is 16.1. The Hall–Kier alpha value is -0.370. The molecule has 0 heterocycles. The second-order valence-electron chi connectivity index (χ2n) is 3.49. The lowest BCUT2D eigenvalue weighted by molar-refractivity contribution is -0.123. The fourth-order valence-corrected chi connectivity index (χ4v) is 1.07. The zero-order chi connectivity index (χ0) is 9.56. The molecule has 0 spiro atoms. The second-order valence-corrected chi connectivity index (χ2v) is 3.49. The fraction of sp³-hybridized carbons (Fsp3) is 0.900. The second kappa shape index (κ2) is 6.18. The molecule has 0 aromatic heterocycles. The maximum absolute atomic E-state index is 11.3. The fourth-order valence-electron chi connectivity index (χ4n) is 1.07. The van der Waals surface area contributed by atoms with Crippen molar-refractivity contribution in [2.24, 2.45) is 5.92 Å². The number of rotatable bonds is 6. The zero-order valence-corrected chi connectivity index (χ0v) is 8.76. The Morgan fingerprint density at radius 3 is 2.25 bits per heavy atom. The molecule has 0 aliphatic rings. The van der Waals surface area contributed by atoms with Crippen LogP contribution in [0, 0.1) is 5.92 Å². The standard InChI is InChI=1S/C10H21NO/c1-5-7-11(6-2)8-10(12)9(3)4/h9H,5-8H2,1-4H3. The molecule has 0 saturated carbocycles. The molecule has 12 heavy (non-hydrogen) atoms. The minimum Gasteiger partial charge on any atom is -0.298 e. The summed E-state index contributed by atoms with van der Waals surface area (Å²) in [6.07, 6.45) is 1.12. The number of Topliss-reactive ketones (excluding diaryl/α,β-unsaturated/α-hetero) is 1. The molecule has 0 rings (SSSR count). The molecular formula is C10H21NO. The van der Waals surface area contributed by atoms with Gasteiger partial charge < -0.3 is 0 Å². The average molecular weight is 171 g/mol. The van der Waals surface area contributed by atoms with Gasteiger partial charge in [0.15, 0.2) is 0 Å². The van der Waals surface area contributed by atoms with E-state index in [1.807, 2.05) is 13.8 Å². The molecule has 0 amide bonds. The first-order chi connectivity index (χ1) is 5.61. The smallest absolute Gasteiger partial charge is 0.149 e. The summed E-state index contributed by atoms with van der Waals surface area (Å²) in [6, 6.07) is 0. The van der Waals surface area contributed by atoms with Crippen LogP contribution in [0.5, 0.6) is 0 Å². The SMILES string of the molecule is CCCN(CC)CC(=O)C(C)C. The van der Waals surface area contributed by atoms with Gasteiger partial charge in [0.1, 0.15) is 5.78 Å². The van der Waals surface area contributed by atoms with E-state index >= 15 is 0 Å². The van der Waals surface area contributed by atoms with Gasteiger partial charge >= 0.3 is 0 Å². The maximum Gasteiger partial charge on any atom is 0.149 e. The summed E-state index contributed by atoms with van der Waals surface area (Å²) in [6.45, 7) is 10.8. The number of hydrogen-bond donors (Lipinski definition) is 0. The largest absolute Gasteiger partial charge is 0.298 e. The molecule has 0 N–H and O–H groups in total. The van der Waals surface area contributed by atoms with Crippen molar-refractivity contribution in [2.45, 2.75) is 34.1 Å². The number of likely N-dealkylation sites (N-methyl/N-ethyl adjacent to an activating group) is 1. The molecule has 0 bridgehead atoms. The van der Waals surface area contributed by atoms with Gasteiger partial charge in [-0.05, 0) is 19.5 Å². The molecule has 2 heteroatoms. The molecule has 0 radical (unpaired) electrons. The molecule has 0 saturated heterocycles. The average Bonchev–Trinajstić information content (AvgIpc) is 2.03. The summed E-state index contributed by atoms with van der Waals surface area (Å²) >= 11 is 0. The predicted octanol–water partition coefficient (Wildman–Crippen LogP) is 1.94. The van der Waals surface area contributed by atoms with Crippen LogP contribution in [-0.4, -0.2) is 30.3 Å². The Labute approximate surface area is 75.9 Å². The van der Waals surface area contributed by atoms with E-state index in [1.165, 1.54) is 0 Å². The summed E-state index contributed by atoms with van der Waals surface area (Å²) in [5, 5.41) is 0. The summed E-state index contributed by atoms with van der Waals surface area (Å²) in [4.78, 5) is 13.5. The van der Waals surface area contributed by atoms with Crippen molar-refractivity contribution >= 4 is 5.78 Å². The van der Waals surface area contributed by atoms with Crippen molar-refractivity contribution in [1.82, 2.24) is 4.90 Å². The number of hydrogen-bond acceptors (Lipinski definition) is 2. The number of nitrogens with zero attached hydrogens (tertiary/aromatic N) is 1. The Morgan fingerprint density at radius 1 is 1.33 bits per heavy atom. The van der Waals surface area contributed by atoms with Crippen LogP contribution in [0.1, 0.15) is 34.1 Å². The highest BCUT2D eigenvalue weighted by molar-refractivity contribution is 5.82. The van der Waals surface area contributed by atoms with E-state index < -0.39 is 0 Å². The lowest BCUT2D eigenvalue weighted by Gasteiger charge is -2.19. The Kier molecular flexibility index (Phi) is 5.99. The predicted molar refractivity (Wildman–Crippen MR) is 52.3 cm³/mol. The highest BCUT2D eigenvalue weighted by Gasteiger charge is 2.10. The summed E-state index contributed by atoms with van der Waals surface area (Å²) in [7, 11) is 0. The van der Waals surface area contributed by atoms with Crippen LogP contribution in [0.4, 0.5) is 0 Å². The molecule has 0 atom stereocenters. The van der Waals surface area contributed by atoms with Crippen molar-refractivity contribution < 1.29 is 4.79 Å². The van der Waals surface area contributed by atoms with Gasteiger partial charge in [0.05, 0.1) is 6.54 Å². The molecule has 72 valence electrons. The summed E-state index contributed by atoms with van der Waals surface area (Å²) in [5.41, 5.74) is 0. The third kappa shape index (κ3) is 4.50. The van der Waals surface area contributed by atoms with Crippen molar-refractivity contribution in [3.8, 4) is 0 Å². The zero-order valence-electron chi connectivity index (χ0n) is 8.76. The van der Waals surface area contributed by atoms with Crippen LogP contribution >= 0.6 is 0 Å². The first-order valence-corrected chi connectivity index (χ1v) is 4.86. The van der Waals surface area contributed by atoms with Crippen molar-refractivity contribution in [3.63, 3.8) is 0 Å². The first kappa shape index (κ1) is 11.6. The molecule has 0 aliphatic heterocycles. The maximum atomic E-state index is 11.3. The van der Waals surface area contributed by atoms with E-state index in [2.05, 4.69) is 18.7 Å². The number of ketones is 1. The molecule has 0 unspecified atom stereocenters. The van der Waals surface area contributed by atoms with Crippen LogP contribution in [0.15, 0.2) is 0 Å². The normalized spacial score (nSPS) is 11.2. The van der Waals surface area contributed by atoms with E-state index in [-0.39, 0.29) is 5.92 Å². The lowest BCUT2D eigenvalue weighted by atomic mass is 10.1. The van der Waals surface area contributed by atoms with Crippen LogP contribution in [0.25, 0.3) is 0 Å². The Morgan fingerprint density at radius 2 is 1.92 bits per heavy atom. The minimum absolute atomic E-state index is 0.177. The Bertz CT molecular complexity index is 132. The topological polar surface area (TPSA) is 20.3 Å². The first-order valence-electron chi connectivity index (χ1n) is 4.86. The molecular weight excluding hydrogens is 150 g/mol. The van der Waals surface area contributed by atoms with Gasteiger partial charge in [0.25, 0.3) is 0 Å². The summed E-state index contributed by atoms with van der Waals surface area (Å²) in [5.74, 6) is 0.529. The Balaban J connectivity index is 3.77. The van der Waals surface area contributed by atoms with Crippen LogP contribution in [-0.2, 0) is 4.79 Å². The van der Waals surface area contributed by atoms with E-state index in [4.69, 9.17) is 0 Å². The van der Waals surface area contributed by atoms with Crippen molar-refractivity contribution in [3.05, 3.63) is 0 Å². The van der Waals surface area contributed by atoms with Gasteiger partial charge in [-0.2, -0.15) is 0 Å². The van der Waals surface area contributed by atoms with Crippen LogP contribution < -0.4 is 0 Å². The van der Waals surface area contributed by atoms with E-state index in [9.17, 15) is 4.79 Å². The van der Waals surface area contributed by atoms with Gasteiger partial charge in [-0.25, -0.2) is 0 Å². The lowest BCUT2D eigenvalue weighted by Crippen LogP contribution is -2.32. The highest BCUT2D eigenvalue weighted by Crippen LogP contribution is 1.98. The van der Waals surface area contributed by atoms with Crippen molar-refractivity contribution in [1.29, 1.82) is 0 Å². The van der Waals surface area contributed by atoms with E-state index in [0.717, 1.165) is 19.5 Å². The van der Waals surface area contributed by atoms with Gasteiger partial charge in [-0.3, -0.25) is 9.69 Å². The third-order valence-electron chi connectivity index (χ3n) is 2.01. The molecule has 0 aliphatic carbocycles. The third-order valence-corrected chi connectivity index (χ3v) is 2.01. The quantitative estimate of drug-likeness (QED) is 0.608. The summed E-state index contributed by atoms with van der Waals surface area (Å²) < 4.78 is 0. The molecule has 0 aromatic carbocycles.